The predicted octanol–water partition coefficient (Wildman–Crippen LogP) is 3.64. The quantitative estimate of drug-likeness (QED) is 0.842. The minimum absolute atomic E-state index is 0.275. The van der Waals surface area contributed by atoms with Crippen molar-refractivity contribution in [1.29, 1.82) is 0 Å². The summed E-state index contributed by atoms with van der Waals surface area (Å²) in [6.07, 6.45) is 3.69. The van der Waals surface area contributed by atoms with Crippen LogP contribution in [-0.2, 0) is 0 Å². The maximum absolute atomic E-state index is 11.1. The van der Waals surface area contributed by atoms with Crippen LogP contribution in [0.25, 0.3) is 0 Å². The second kappa shape index (κ2) is 4.96. The normalized spacial score (nSPS) is 16.6. The van der Waals surface area contributed by atoms with Gasteiger partial charge in [-0.15, -0.1) is 0 Å². The Kier molecular flexibility index (Phi) is 3.57. The number of halogens is 1. The van der Waals surface area contributed by atoms with Gasteiger partial charge < -0.3 is 10.4 Å². The first kappa shape index (κ1) is 12.2. The Bertz CT molecular complexity index is 429. The summed E-state index contributed by atoms with van der Waals surface area (Å²) < 4.78 is 0. The van der Waals surface area contributed by atoms with Crippen LogP contribution in [0.5, 0.6) is 0 Å². The largest absolute Gasteiger partial charge is 0.478 e. The van der Waals surface area contributed by atoms with E-state index in [-0.39, 0.29) is 11.6 Å². The van der Waals surface area contributed by atoms with Crippen LogP contribution < -0.4 is 5.32 Å². The number of carboxylic acid groups (broad SMARTS) is 1. The standard InChI is InChI=1S/C13H16ClNO2/c1-8(6-9-2-3-9)15-12-7-10(14)4-5-11(12)13(16)17/h4-5,7-9,15H,2-3,6H2,1H3,(H,16,17). The van der Waals surface area contributed by atoms with E-state index in [1.807, 2.05) is 0 Å². The molecule has 0 aromatic heterocycles. The van der Waals surface area contributed by atoms with Crippen LogP contribution in [0.2, 0.25) is 5.02 Å². The monoisotopic (exact) mass is 253 g/mol. The van der Waals surface area contributed by atoms with Gasteiger partial charge in [-0.25, -0.2) is 4.79 Å². The molecule has 1 aromatic rings. The zero-order valence-corrected chi connectivity index (χ0v) is 10.5. The van der Waals surface area contributed by atoms with Gasteiger partial charge in [0.25, 0.3) is 0 Å². The van der Waals surface area contributed by atoms with Gasteiger partial charge in [0.1, 0.15) is 0 Å². The van der Waals surface area contributed by atoms with E-state index in [4.69, 9.17) is 16.7 Å². The van der Waals surface area contributed by atoms with E-state index in [1.165, 1.54) is 18.9 Å². The molecule has 17 heavy (non-hydrogen) atoms. The molecule has 1 fully saturated rings. The van der Waals surface area contributed by atoms with Gasteiger partial charge in [0.2, 0.25) is 0 Å². The molecule has 0 spiro atoms. The lowest BCUT2D eigenvalue weighted by Gasteiger charge is -2.16. The average molecular weight is 254 g/mol. The molecule has 2 rings (SSSR count). The van der Waals surface area contributed by atoms with E-state index in [9.17, 15) is 4.79 Å². The summed E-state index contributed by atoms with van der Waals surface area (Å²) in [5.41, 5.74) is 0.884. The van der Waals surface area contributed by atoms with Crippen LogP contribution >= 0.6 is 11.6 Å². The number of rotatable bonds is 5. The molecule has 2 N–H and O–H groups in total. The van der Waals surface area contributed by atoms with Gasteiger partial charge in [-0.05, 0) is 37.5 Å². The summed E-state index contributed by atoms with van der Waals surface area (Å²) >= 11 is 5.89. The van der Waals surface area contributed by atoms with Crippen LogP contribution in [0.3, 0.4) is 0 Å². The molecule has 0 radical (unpaired) electrons. The highest BCUT2D eigenvalue weighted by Crippen LogP contribution is 2.34. The first-order valence-electron chi connectivity index (χ1n) is 5.85. The molecule has 0 saturated heterocycles. The van der Waals surface area contributed by atoms with Crippen molar-refractivity contribution in [3.05, 3.63) is 28.8 Å². The first-order chi connectivity index (χ1) is 8.06. The van der Waals surface area contributed by atoms with Gasteiger partial charge in [0.15, 0.2) is 0 Å². The molecule has 0 bridgehead atoms. The maximum Gasteiger partial charge on any atom is 0.337 e. The second-order valence-electron chi connectivity index (χ2n) is 4.72. The molecule has 4 heteroatoms. The van der Waals surface area contributed by atoms with E-state index in [0.29, 0.717) is 10.7 Å². The fourth-order valence-corrected chi connectivity index (χ4v) is 2.17. The Hall–Kier alpha value is -1.22. The summed E-state index contributed by atoms with van der Waals surface area (Å²) in [6.45, 7) is 2.07. The van der Waals surface area contributed by atoms with Crippen molar-refractivity contribution in [2.45, 2.75) is 32.2 Å². The highest BCUT2D eigenvalue weighted by molar-refractivity contribution is 6.31. The van der Waals surface area contributed by atoms with Crippen molar-refractivity contribution >= 4 is 23.3 Å². The number of nitrogens with one attached hydrogen (secondary N) is 1. The third-order valence-corrected chi connectivity index (χ3v) is 3.23. The second-order valence-corrected chi connectivity index (χ2v) is 5.16. The van der Waals surface area contributed by atoms with Gasteiger partial charge in [-0.3, -0.25) is 0 Å². The molecule has 1 aliphatic rings. The Morgan fingerprint density at radius 3 is 2.88 bits per heavy atom. The lowest BCUT2D eigenvalue weighted by atomic mass is 10.1. The maximum atomic E-state index is 11.1. The average Bonchev–Trinajstić information content (AvgIpc) is 3.00. The molecule has 92 valence electrons. The zero-order chi connectivity index (χ0) is 12.4. The highest BCUT2D eigenvalue weighted by Gasteiger charge is 2.24. The molecule has 0 amide bonds. The number of carboxylic acids is 1. The van der Waals surface area contributed by atoms with Gasteiger partial charge in [0.05, 0.1) is 11.3 Å². The van der Waals surface area contributed by atoms with E-state index in [2.05, 4.69) is 12.2 Å². The Balaban J connectivity index is 2.11. The van der Waals surface area contributed by atoms with E-state index in [0.717, 1.165) is 12.3 Å². The van der Waals surface area contributed by atoms with Gasteiger partial charge in [0, 0.05) is 11.1 Å². The van der Waals surface area contributed by atoms with Crippen molar-refractivity contribution in [2.75, 3.05) is 5.32 Å². The van der Waals surface area contributed by atoms with Gasteiger partial charge in [-0.1, -0.05) is 24.4 Å². The third kappa shape index (κ3) is 3.37. The van der Waals surface area contributed by atoms with Crippen molar-refractivity contribution in [2.24, 2.45) is 5.92 Å². The number of anilines is 1. The van der Waals surface area contributed by atoms with Crippen LogP contribution in [0.4, 0.5) is 5.69 Å². The van der Waals surface area contributed by atoms with Crippen LogP contribution in [-0.4, -0.2) is 17.1 Å². The molecule has 3 nitrogen and oxygen atoms in total. The minimum atomic E-state index is -0.928. The third-order valence-electron chi connectivity index (χ3n) is 3.00. The van der Waals surface area contributed by atoms with Crippen LogP contribution in [0.1, 0.15) is 36.5 Å². The minimum Gasteiger partial charge on any atom is -0.478 e. The zero-order valence-electron chi connectivity index (χ0n) is 9.74. The molecule has 1 aromatic carbocycles. The fourth-order valence-electron chi connectivity index (χ4n) is 2.00. The molecular weight excluding hydrogens is 238 g/mol. The molecule has 1 unspecified atom stereocenters. The molecule has 0 heterocycles. The Morgan fingerprint density at radius 1 is 1.59 bits per heavy atom. The first-order valence-corrected chi connectivity index (χ1v) is 6.23. The Morgan fingerprint density at radius 2 is 2.29 bits per heavy atom. The van der Waals surface area contributed by atoms with Crippen molar-refractivity contribution in [3.63, 3.8) is 0 Å². The lowest BCUT2D eigenvalue weighted by Crippen LogP contribution is -2.18. The molecule has 0 aliphatic heterocycles. The highest BCUT2D eigenvalue weighted by atomic mass is 35.5. The van der Waals surface area contributed by atoms with Crippen molar-refractivity contribution < 1.29 is 9.90 Å². The Labute approximate surface area is 106 Å². The number of benzene rings is 1. The summed E-state index contributed by atoms with van der Waals surface area (Å²) in [5.74, 6) is -0.118. The molecule has 1 aliphatic carbocycles. The van der Waals surface area contributed by atoms with E-state index < -0.39 is 5.97 Å². The van der Waals surface area contributed by atoms with Crippen molar-refractivity contribution in [1.82, 2.24) is 0 Å². The number of carbonyl (C=O) groups is 1. The molecule has 1 atom stereocenters. The summed E-state index contributed by atoms with van der Waals surface area (Å²) in [5, 5.41) is 12.9. The smallest absolute Gasteiger partial charge is 0.337 e. The fraction of sp³-hybridized carbons (Fsp3) is 0.462. The number of hydrogen-bond acceptors (Lipinski definition) is 2. The summed E-state index contributed by atoms with van der Waals surface area (Å²) in [6, 6.07) is 5.09. The molecular formula is C13H16ClNO2. The van der Waals surface area contributed by atoms with Gasteiger partial charge >= 0.3 is 5.97 Å². The SMILES string of the molecule is CC(CC1CC1)Nc1cc(Cl)ccc1C(=O)O. The number of aromatic carboxylic acids is 1. The van der Waals surface area contributed by atoms with E-state index in [1.54, 1.807) is 12.1 Å². The predicted molar refractivity (Wildman–Crippen MR) is 68.8 cm³/mol. The number of hydrogen-bond donors (Lipinski definition) is 2. The van der Waals surface area contributed by atoms with E-state index >= 15 is 0 Å². The van der Waals surface area contributed by atoms with Gasteiger partial charge in [-0.2, -0.15) is 0 Å². The van der Waals surface area contributed by atoms with Crippen LogP contribution in [0.15, 0.2) is 18.2 Å². The lowest BCUT2D eigenvalue weighted by molar-refractivity contribution is 0.0698. The summed E-state index contributed by atoms with van der Waals surface area (Å²) in [4.78, 5) is 11.1. The van der Waals surface area contributed by atoms with Crippen molar-refractivity contribution in [3.8, 4) is 0 Å². The molecule has 1 saturated carbocycles. The van der Waals surface area contributed by atoms with Crippen LogP contribution in [0, 0.1) is 5.92 Å². The summed E-state index contributed by atoms with van der Waals surface area (Å²) in [7, 11) is 0. The topological polar surface area (TPSA) is 49.3 Å².